The first-order valence-corrected chi connectivity index (χ1v) is 11.7. The fourth-order valence-electron chi connectivity index (χ4n) is 4.49. The number of ether oxygens (including phenoxy) is 2. The molecule has 5 rings (SSSR count). The Morgan fingerprint density at radius 3 is 2.68 bits per heavy atom. The number of hydrogen-bond donors (Lipinski definition) is 2. The van der Waals surface area contributed by atoms with Gasteiger partial charge in [-0.05, 0) is 48.4 Å². The number of amides is 6. The molecule has 1 saturated carbocycles. The summed E-state index contributed by atoms with van der Waals surface area (Å²) in [6, 6.07) is 4.64. The second kappa shape index (κ2) is 8.67. The van der Waals surface area contributed by atoms with Gasteiger partial charge in [-0.25, -0.2) is 4.79 Å². The van der Waals surface area contributed by atoms with Gasteiger partial charge < -0.3 is 20.1 Å². The minimum atomic E-state index is -0.871. The number of urea groups is 1. The van der Waals surface area contributed by atoms with Crippen molar-refractivity contribution in [2.24, 2.45) is 0 Å². The minimum Gasteiger partial charge on any atom is -0.454 e. The zero-order valence-corrected chi connectivity index (χ0v) is 18.9. The first-order chi connectivity index (χ1) is 16.4. The summed E-state index contributed by atoms with van der Waals surface area (Å²) in [4.78, 5) is 64.4. The van der Waals surface area contributed by atoms with Gasteiger partial charge in [0, 0.05) is 13.1 Å². The van der Waals surface area contributed by atoms with Gasteiger partial charge in [-0.2, -0.15) is 0 Å². The van der Waals surface area contributed by atoms with E-state index in [-0.39, 0.29) is 30.7 Å². The van der Waals surface area contributed by atoms with E-state index in [0.29, 0.717) is 29.9 Å². The third-order valence-electron chi connectivity index (χ3n) is 6.23. The molecular weight excluding hydrogens is 464 g/mol. The maximum absolute atomic E-state index is 12.7. The van der Waals surface area contributed by atoms with Crippen LogP contribution in [0, 0.1) is 0 Å². The summed E-state index contributed by atoms with van der Waals surface area (Å²) in [7, 11) is 0. The molecule has 34 heavy (non-hydrogen) atoms. The third-order valence-corrected chi connectivity index (χ3v) is 7.14. The lowest BCUT2D eigenvalue weighted by molar-refractivity contribution is -0.134. The van der Waals surface area contributed by atoms with E-state index >= 15 is 0 Å². The Balaban J connectivity index is 1.14. The standard InChI is InChI=1S/C22H22N4O7S/c27-17(11-26-19(29)22(24-20(26)30)5-1-2-6-22)23-7-8-25-18(28)16(34-21(25)31)10-13-3-4-14-15(9-13)33-12-32-14/h3-4,9-10H,1-2,5-8,11-12H2,(H,23,27)(H,24,30)/b16-10-. The van der Waals surface area contributed by atoms with E-state index in [9.17, 15) is 24.0 Å². The van der Waals surface area contributed by atoms with Crippen molar-refractivity contribution >= 4 is 46.8 Å². The number of nitrogens with one attached hydrogen (secondary N) is 2. The molecule has 2 saturated heterocycles. The summed E-state index contributed by atoms with van der Waals surface area (Å²) < 4.78 is 10.6. The molecule has 0 atom stereocenters. The predicted octanol–water partition coefficient (Wildman–Crippen LogP) is 1.43. The van der Waals surface area contributed by atoms with E-state index in [1.807, 2.05) is 0 Å². The molecular formula is C22H22N4O7S. The zero-order valence-electron chi connectivity index (χ0n) is 18.1. The number of nitrogens with zero attached hydrogens (tertiary/aromatic N) is 2. The van der Waals surface area contributed by atoms with Crippen LogP contribution in [0.4, 0.5) is 9.59 Å². The van der Waals surface area contributed by atoms with Crippen molar-refractivity contribution in [1.29, 1.82) is 0 Å². The van der Waals surface area contributed by atoms with Crippen molar-refractivity contribution in [3.05, 3.63) is 28.7 Å². The molecule has 1 spiro atoms. The summed E-state index contributed by atoms with van der Waals surface area (Å²) in [5.74, 6) is -0.183. The number of thioether (sulfide) groups is 1. The highest BCUT2D eigenvalue weighted by Gasteiger charge is 2.52. The van der Waals surface area contributed by atoms with Crippen LogP contribution in [0.25, 0.3) is 6.08 Å². The van der Waals surface area contributed by atoms with Gasteiger partial charge in [-0.3, -0.25) is 29.0 Å². The van der Waals surface area contributed by atoms with Gasteiger partial charge in [0.1, 0.15) is 12.1 Å². The maximum atomic E-state index is 12.7. The van der Waals surface area contributed by atoms with Crippen molar-refractivity contribution < 1.29 is 33.4 Å². The van der Waals surface area contributed by atoms with E-state index in [2.05, 4.69) is 10.6 Å². The number of carbonyl (C=O) groups is 5. The molecule has 3 aliphatic heterocycles. The second-order valence-corrected chi connectivity index (χ2v) is 9.40. The predicted molar refractivity (Wildman–Crippen MR) is 120 cm³/mol. The molecule has 2 N–H and O–H groups in total. The topological polar surface area (TPSA) is 134 Å². The Bertz CT molecular complexity index is 1130. The van der Waals surface area contributed by atoms with Gasteiger partial charge in [0.15, 0.2) is 11.5 Å². The molecule has 0 bridgehead atoms. The lowest BCUT2D eigenvalue weighted by Gasteiger charge is -2.20. The van der Waals surface area contributed by atoms with Gasteiger partial charge in [-0.15, -0.1) is 0 Å². The smallest absolute Gasteiger partial charge is 0.325 e. The third kappa shape index (κ3) is 3.98. The van der Waals surface area contributed by atoms with Crippen molar-refractivity contribution in [3.8, 4) is 11.5 Å². The average molecular weight is 487 g/mol. The Morgan fingerprint density at radius 1 is 1.12 bits per heavy atom. The van der Waals surface area contributed by atoms with E-state index in [1.54, 1.807) is 24.3 Å². The first-order valence-electron chi connectivity index (χ1n) is 10.9. The SMILES string of the molecule is O=C(CN1C(=O)NC2(CCCC2)C1=O)NCCN1C(=O)S/C(=C\c2ccc3c(c2)OCO3)C1=O. The highest BCUT2D eigenvalue weighted by Crippen LogP contribution is 2.36. The Labute approximate surface area is 198 Å². The fraction of sp³-hybridized carbons (Fsp3) is 0.409. The number of hydrogen-bond acceptors (Lipinski definition) is 8. The maximum Gasteiger partial charge on any atom is 0.325 e. The highest BCUT2D eigenvalue weighted by molar-refractivity contribution is 8.18. The van der Waals surface area contributed by atoms with Crippen LogP contribution in [-0.4, -0.2) is 70.8 Å². The molecule has 12 heteroatoms. The number of benzene rings is 1. The average Bonchev–Trinajstić information content (AvgIpc) is 3.57. The Hall–Kier alpha value is -3.54. The van der Waals surface area contributed by atoms with Gasteiger partial charge in [-0.1, -0.05) is 18.9 Å². The van der Waals surface area contributed by atoms with Crippen LogP contribution in [0.3, 0.4) is 0 Å². The zero-order chi connectivity index (χ0) is 23.9. The largest absolute Gasteiger partial charge is 0.454 e. The molecule has 0 aromatic heterocycles. The molecule has 4 aliphatic rings. The monoisotopic (exact) mass is 486 g/mol. The van der Waals surface area contributed by atoms with Gasteiger partial charge in [0.25, 0.3) is 17.1 Å². The summed E-state index contributed by atoms with van der Waals surface area (Å²) in [6.45, 7) is -0.293. The van der Waals surface area contributed by atoms with Crippen molar-refractivity contribution in [3.63, 3.8) is 0 Å². The van der Waals surface area contributed by atoms with Crippen LogP contribution in [0.15, 0.2) is 23.1 Å². The van der Waals surface area contributed by atoms with Gasteiger partial charge in [0.05, 0.1) is 4.91 Å². The Kier molecular flexibility index (Phi) is 5.68. The lowest BCUT2D eigenvalue weighted by Crippen LogP contribution is -2.46. The van der Waals surface area contributed by atoms with Crippen LogP contribution in [0.1, 0.15) is 31.2 Å². The summed E-state index contributed by atoms with van der Waals surface area (Å²) >= 11 is 0.814. The molecule has 0 unspecified atom stereocenters. The number of rotatable bonds is 6. The second-order valence-electron chi connectivity index (χ2n) is 8.41. The quantitative estimate of drug-likeness (QED) is 0.456. The van der Waals surface area contributed by atoms with Crippen LogP contribution >= 0.6 is 11.8 Å². The molecule has 6 amide bonds. The molecule has 178 valence electrons. The number of fused-ring (bicyclic) bond motifs is 1. The first kappa shape index (κ1) is 22.3. The van der Waals surface area contributed by atoms with Gasteiger partial charge >= 0.3 is 6.03 Å². The lowest BCUT2D eigenvalue weighted by atomic mass is 9.98. The fourth-order valence-corrected chi connectivity index (χ4v) is 5.36. The van der Waals surface area contributed by atoms with Crippen LogP contribution in [0.2, 0.25) is 0 Å². The van der Waals surface area contributed by atoms with Crippen LogP contribution in [0.5, 0.6) is 11.5 Å². The van der Waals surface area contributed by atoms with E-state index in [0.717, 1.165) is 34.4 Å². The van der Waals surface area contributed by atoms with Crippen molar-refractivity contribution in [2.45, 2.75) is 31.2 Å². The molecule has 3 fully saturated rings. The van der Waals surface area contributed by atoms with Gasteiger partial charge in [0.2, 0.25) is 12.7 Å². The highest BCUT2D eigenvalue weighted by atomic mass is 32.2. The summed E-state index contributed by atoms with van der Waals surface area (Å²) in [5.41, 5.74) is -0.180. The summed E-state index contributed by atoms with van der Waals surface area (Å²) in [6.07, 6.45) is 4.46. The van der Waals surface area contributed by atoms with Crippen LogP contribution in [-0.2, 0) is 14.4 Å². The van der Waals surface area contributed by atoms with Crippen molar-refractivity contribution in [2.75, 3.05) is 26.4 Å². The summed E-state index contributed by atoms with van der Waals surface area (Å²) in [5, 5.41) is 4.85. The minimum absolute atomic E-state index is 0.00295. The Morgan fingerprint density at radius 2 is 1.88 bits per heavy atom. The van der Waals surface area contributed by atoms with Crippen molar-refractivity contribution in [1.82, 2.24) is 20.4 Å². The molecule has 1 aromatic carbocycles. The normalized spacial score (nSPS) is 21.8. The molecule has 3 heterocycles. The van der Waals surface area contributed by atoms with E-state index in [1.165, 1.54) is 0 Å². The van der Waals surface area contributed by atoms with E-state index < -0.39 is 35.2 Å². The molecule has 1 aliphatic carbocycles. The number of imide groups is 2. The number of carbonyl (C=O) groups excluding carboxylic acids is 5. The molecule has 1 aromatic rings. The molecule has 11 nitrogen and oxygen atoms in total. The van der Waals surface area contributed by atoms with E-state index in [4.69, 9.17) is 9.47 Å². The van der Waals surface area contributed by atoms with Crippen LogP contribution < -0.4 is 20.1 Å². The molecule has 0 radical (unpaired) electrons.